The van der Waals surface area contributed by atoms with Crippen molar-refractivity contribution in [3.8, 4) is 0 Å². The maximum Gasteiger partial charge on any atom is 0.331 e. The Hall–Kier alpha value is -0.790. The summed E-state index contributed by atoms with van der Waals surface area (Å²) < 4.78 is 0. The Morgan fingerprint density at radius 1 is 1.14 bits per heavy atom. The molecule has 0 aliphatic carbocycles. The summed E-state index contributed by atoms with van der Waals surface area (Å²) in [4.78, 5) is 10.6. The van der Waals surface area contributed by atoms with Gasteiger partial charge in [-0.25, -0.2) is 4.79 Å². The van der Waals surface area contributed by atoms with Gasteiger partial charge in [0.2, 0.25) is 0 Å². The Bertz CT molecular complexity index is 183. The van der Waals surface area contributed by atoms with Crippen molar-refractivity contribution in [1.82, 2.24) is 0 Å². The lowest BCUT2D eigenvalue weighted by Crippen LogP contribution is -1.99. The third kappa shape index (κ3) is 6.70. The van der Waals surface area contributed by atoms with Gasteiger partial charge in [-0.15, -0.1) is 0 Å². The van der Waals surface area contributed by atoms with Crippen molar-refractivity contribution < 1.29 is 9.90 Å². The van der Waals surface area contributed by atoms with Crippen molar-refractivity contribution in [1.29, 1.82) is 0 Å². The molecular formula is C12H22O2. The van der Waals surface area contributed by atoms with Crippen LogP contribution < -0.4 is 0 Å². The van der Waals surface area contributed by atoms with Crippen LogP contribution in [-0.2, 0) is 4.79 Å². The zero-order valence-electron chi connectivity index (χ0n) is 9.38. The van der Waals surface area contributed by atoms with Gasteiger partial charge < -0.3 is 5.11 Å². The normalized spacial score (nSPS) is 11.7. The molecule has 0 spiro atoms. The zero-order chi connectivity index (χ0) is 10.8. The van der Waals surface area contributed by atoms with Gasteiger partial charge in [-0.1, -0.05) is 45.1 Å². The Labute approximate surface area is 87.0 Å². The van der Waals surface area contributed by atoms with Crippen molar-refractivity contribution in [2.45, 2.75) is 58.8 Å². The minimum Gasteiger partial charge on any atom is -0.478 e. The highest BCUT2D eigenvalue weighted by molar-refractivity contribution is 5.86. The average molecular weight is 198 g/mol. The number of carbonyl (C=O) groups is 1. The standard InChI is InChI=1S/C12H22O2/c1-3-5-6-7-8-9-10-11(4-2)12(13)14/h4H,3,5-10H2,1-2H3,(H,13,14)/b11-4+. The Morgan fingerprint density at radius 2 is 1.71 bits per heavy atom. The number of rotatable bonds is 8. The number of carboxylic acid groups (broad SMARTS) is 1. The first kappa shape index (κ1) is 13.2. The number of carboxylic acids is 1. The Kier molecular flexibility index (Phi) is 8.30. The van der Waals surface area contributed by atoms with Crippen molar-refractivity contribution in [2.24, 2.45) is 0 Å². The summed E-state index contributed by atoms with van der Waals surface area (Å²) in [6.45, 7) is 3.99. The van der Waals surface area contributed by atoms with Crippen LogP contribution >= 0.6 is 0 Å². The van der Waals surface area contributed by atoms with Gasteiger partial charge in [0.15, 0.2) is 0 Å². The molecule has 1 N–H and O–H groups in total. The van der Waals surface area contributed by atoms with Crippen molar-refractivity contribution in [3.63, 3.8) is 0 Å². The lowest BCUT2D eigenvalue weighted by atomic mass is 10.1. The summed E-state index contributed by atoms with van der Waals surface area (Å²) in [5.74, 6) is -0.763. The van der Waals surface area contributed by atoms with Gasteiger partial charge in [0.25, 0.3) is 0 Å². The van der Waals surface area contributed by atoms with Gasteiger partial charge >= 0.3 is 5.97 Å². The van der Waals surface area contributed by atoms with Crippen LogP contribution in [0.4, 0.5) is 0 Å². The molecule has 0 saturated heterocycles. The summed E-state index contributed by atoms with van der Waals surface area (Å²) in [5, 5.41) is 8.75. The van der Waals surface area contributed by atoms with E-state index in [0.29, 0.717) is 5.57 Å². The molecule has 14 heavy (non-hydrogen) atoms. The van der Waals surface area contributed by atoms with E-state index < -0.39 is 5.97 Å². The number of hydrogen-bond donors (Lipinski definition) is 1. The SMILES string of the molecule is C/C=C(\CCCCCCCC)C(=O)O. The van der Waals surface area contributed by atoms with Crippen molar-refractivity contribution >= 4 is 5.97 Å². The van der Waals surface area contributed by atoms with E-state index in [0.717, 1.165) is 19.3 Å². The molecule has 0 aromatic carbocycles. The molecule has 0 aromatic rings. The molecule has 0 fully saturated rings. The van der Waals surface area contributed by atoms with Gasteiger partial charge in [0.1, 0.15) is 0 Å². The molecule has 82 valence electrons. The molecule has 0 saturated carbocycles. The lowest BCUT2D eigenvalue weighted by molar-refractivity contribution is -0.132. The van der Waals surface area contributed by atoms with Crippen LogP contribution in [0.25, 0.3) is 0 Å². The molecule has 0 aliphatic rings. The third-order valence-corrected chi connectivity index (χ3v) is 2.42. The van der Waals surface area contributed by atoms with Gasteiger partial charge in [0.05, 0.1) is 0 Å². The fourth-order valence-electron chi connectivity index (χ4n) is 1.47. The number of hydrogen-bond acceptors (Lipinski definition) is 1. The van der Waals surface area contributed by atoms with Crippen LogP contribution in [-0.4, -0.2) is 11.1 Å². The highest BCUT2D eigenvalue weighted by atomic mass is 16.4. The fraction of sp³-hybridized carbons (Fsp3) is 0.750. The third-order valence-electron chi connectivity index (χ3n) is 2.42. The van der Waals surface area contributed by atoms with Crippen LogP contribution in [0.3, 0.4) is 0 Å². The van der Waals surface area contributed by atoms with Gasteiger partial charge in [-0.3, -0.25) is 0 Å². The fourth-order valence-corrected chi connectivity index (χ4v) is 1.47. The average Bonchev–Trinajstić information content (AvgIpc) is 2.16. The smallest absolute Gasteiger partial charge is 0.331 e. The molecule has 0 aliphatic heterocycles. The summed E-state index contributed by atoms with van der Waals surface area (Å²) in [6.07, 6.45) is 9.68. The molecule has 0 atom stereocenters. The van der Waals surface area contributed by atoms with E-state index in [1.54, 1.807) is 13.0 Å². The second-order valence-corrected chi connectivity index (χ2v) is 3.64. The van der Waals surface area contributed by atoms with Crippen LogP contribution in [0, 0.1) is 0 Å². The molecule has 2 nitrogen and oxygen atoms in total. The van der Waals surface area contributed by atoms with E-state index in [4.69, 9.17) is 5.11 Å². The first-order valence-corrected chi connectivity index (χ1v) is 5.60. The van der Waals surface area contributed by atoms with E-state index in [9.17, 15) is 4.79 Å². The minimum absolute atomic E-state index is 0.556. The molecule has 2 heteroatoms. The molecule has 0 bridgehead atoms. The van der Waals surface area contributed by atoms with Gasteiger partial charge in [-0.05, 0) is 19.8 Å². The van der Waals surface area contributed by atoms with Crippen LogP contribution in [0.2, 0.25) is 0 Å². The Balaban J connectivity index is 3.39. The van der Waals surface area contributed by atoms with E-state index >= 15 is 0 Å². The van der Waals surface area contributed by atoms with E-state index in [2.05, 4.69) is 6.92 Å². The monoisotopic (exact) mass is 198 g/mol. The van der Waals surface area contributed by atoms with Crippen LogP contribution in [0.15, 0.2) is 11.6 Å². The highest BCUT2D eigenvalue weighted by Gasteiger charge is 2.04. The Morgan fingerprint density at radius 3 is 2.21 bits per heavy atom. The second-order valence-electron chi connectivity index (χ2n) is 3.64. The maximum atomic E-state index is 10.6. The lowest BCUT2D eigenvalue weighted by Gasteiger charge is -2.01. The summed E-state index contributed by atoms with van der Waals surface area (Å²) in [6, 6.07) is 0. The predicted octanol–water partition coefficient (Wildman–Crippen LogP) is 3.77. The molecule has 0 unspecified atom stereocenters. The van der Waals surface area contributed by atoms with Crippen molar-refractivity contribution in [3.05, 3.63) is 11.6 Å². The quantitative estimate of drug-likeness (QED) is 0.476. The highest BCUT2D eigenvalue weighted by Crippen LogP contribution is 2.11. The molecule has 0 amide bonds. The second kappa shape index (κ2) is 8.79. The summed E-state index contributed by atoms with van der Waals surface area (Å²) in [7, 11) is 0. The molecular weight excluding hydrogens is 176 g/mol. The molecule has 0 aromatic heterocycles. The van der Waals surface area contributed by atoms with Crippen molar-refractivity contribution in [2.75, 3.05) is 0 Å². The van der Waals surface area contributed by atoms with E-state index in [-0.39, 0.29) is 0 Å². The maximum absolute atomic E-state index is 10.6. The molecule has 0 rings (SSSR count). The topological polar surface area (TPSA) is 37.3 Å². The largest absolute Gasteiger partial charge is 0.478 e. The predicted molar refractivity (Wildman–Crippen MR) is 59.4 cm³/mol. The number of aliphatic carboxylic acids is 1. The zero-order valence-corrected chi connectivity index (χ0v) is 9.38. The van der Waals surface area contributed by atoms with Crippen LogP contribution in [0.5, 0.6) is 0 Å². The minimum atomic E-state index is -0.763. The van der Waals surface area contributed by atoms with Gasteiger partial charge in [0, 0.05) is 5.57 Å². The molecule has 0 radical (unpaired) electrons. The van der Waals surface area contributed by atoms with E-state index in [1.807, 2.05) is 0 Å². The molecule has 0 heterocycles. The van der Waals surface area contributed by atoms with Gasteiger partial charge in [-0.2, -0.15) is 0 Å². The number of allylic oxidation sites excluding steroid dienone is 1. The first-order chi connectivity index (χ1) is 6.72. The summed E-state index contributed by atoms with van der Waals surface area (Å²) >= 11 is 0. The number of unbranched alkanes of at least 4 members (excludes halogenated alkanes) is 5. The first-order valence-electron chi connectivity index (χ1n) is 5.60. The van der Waals surface area contributed by atoms with Crippen LogP contribution in [0.1, 0.15) is 58.8 Å². The summed E-state index contributed by atoms with van der Waals surface area (Å²) in [5.41, 5.74) is 0.556. The van der Waals surface area contributed by atoms with E-state index in [1.165, 1.54) is 25.7 Å².